The van der Waals surface area contributed by atoms with Crippen LogP contribution in [0.25, 0.3) is 0 Å². The molecule has 2 aromatic carbocycles. The Labute approximate surface area is 146 Å². The van der Waals surface area contributed by atoms with Crippen molar-refractivity contribution in [1.29, 1.82) is 0 Å². The summed E-state index contributed by atoms with van der Waals surface area (Å²) in [4.78, 5) is 24.2. The molecule has 0 aromatic heterocycles. The molecular formula is C19H21NO5. The van der Waals surface area contributed by atoms with Crippen LogP contribution in [-0.4, -0.2) is 32.7 Å². The minimum absolute atomic E-state index is 0.195. The van der Waals surface area contributed by atoms with E-state index in [0.717, 1.165) is 11.1 Å². The van der Waals surface area contributed by atoms with Crippen molar-refractivity contribution in [2.75, 3.05) is 26.1 Å². The first kappa shape index (κ1) is 18.3. The van der Waals surface area contributed by atoms with Crippen molar-refractivity contribution in [3.63, 3.8) is 0 Å². The highest BCUT2D eigenvalue weighted by Gasteiger charge is 2.18. The molecule has 132 valence electrons. The Bertz CT molecular complexity index is 785. The van der Waals surface area contributed by atoms with Gasteiger partial charge in [0.25, 0.3) is 5.91 Å². The van der Waals surface area contributed by atoms with Gasteiger partial charge in [0.2, 0.25) is 0 Å². The Hall–Kier alpha value is -3.02. The molecule has 2 aromatic rings. The molecule has 0 spiro atoms. The molecule has 2 rings (SSSR count). The van der Waals surface area contributed by atoms with E-state index < -0.39 is 18.5 Å². The standard InChI is InChI=1S/C19H21NO5/c1-12-8-9-14(10-13(12)2)20-17(21)11-25-19(22)15-6-5-7-16(23-3)18(15)24-4/h5-10H,11H2,1-4H3,(H,20,21). The largest absolute Gasteiger partial charge is 0.493 e. The SMILES string of the molecule is COc1cccc(C(=O)OCC(=O)Nc2ccc(C)c(C)c2)c1OC. The van der Waals surface area contributed by atoms with E-state index in [4.69, 9.17) is 14.2 Å². The zero-order chi connectivity index (χ0) is 18.4. The lowest BCUT2D eigenvalue weighted by Gasteiger charge is -2.12. The quantitative estimate of drug-likeness (QED) is 0.816. The van der Waals surface area contributed by atoms with E-state index >= 15 is 0 Å². The van der Waals surface area contributed by atoms with Crippen molar-refractivity contribution < 1.29 is 23.8 Å². The number of methoxy groups -OCH3 is 2. The Morgan fingerprint density at radius 3 is 2.40 bits per heavy atom. The number of rotatable bonds is 6. The summed E-state index contributed by atoms with van der Waals surface area (Å²) in [5.41, 5.74) is 3.05. The second-order valence-electron chi connectivity index (χ2n) is 5.46. The second-order valence-corrected chi connectivity index (χ2v) is 5.46. The second kappa shape index (κ2) is 8.19. The number of esters is 1. The van der Waals surface area contributed by atoms with Crippen LogP contribution in [0.1, 0.15) is 21.5 Å². The normalized spacial score (nSPS) is 10.1. The van der Waals surface area contributed by atoms with Crippen LogP contribution < -0.4 is 14.8 Å². The van der Waals surface area contributed by atoms with Gasteiger partial charge in [-0.1, -0.05) is 12.1 Å². The average Bonchev–Trinajstić information content (AvgIpc) is 2.61. The topological polar surface area (TPSA) is 73.9 Å². The van der Waals surface area contributed by atoms with Gasteiger partial charge in [0.1, 0.15) is 5.56 Å². The van der Waals surface area contributed by atoms with Crippen molar-refractivity contribution in [2.45, 2.75) is 13.8 Å². The number of benzene rings is 2. The number of ether oxygens (including phenoxy) is 3. The van der Waals surface area contributed by atoms with Crippen molar-refractivity contribution in [1.82, 2.24) is 0 Å². The molecular weight excluding hydrogens is 322 g/mol. The van der Waals surface area contributed by atoms with Crippen molar-refractivity contribution in [3.8, 4) is 11.5 Å². The summed E-state index contributed by atoms with van der Waals surface area (Å²) in [6.45, 7) is 3.55. The van der Waals surface area contributed by atoms with Gasteiger partial charge in [-0.3, -0.25) is 4.79 Å². The lowest BCUT2D eigenvalue weighted by Crippen LogP contribution is -2.21. The maximum absolute atomic E-state index is 12.2. The fourth-order valence-electron chi connectivity index (χ4n) is 2.27. The molecule has 0 unspecified atom stereocenters. The van der Waals surface area contributed by atoms with Crippen molar-refractivity contribution in [3.05, 3.63) is 53.1 Å². The first-order valence-corrected chi connectivity index (χ1v) is 7.71. The first-order chi connectivity index (χ1) is 12.0. The first-order valence-electron chi connectivity index (χ1n) is 7.71. The van der Waals surface area contributed by atoms with Gasteiger partial charge in [0, 0.05) is 5.69 Å². The highest BCUT2D eigenvalue weighted by Crippen LogP contribution is 2.31. The van der Waals surface area contributed by atoms with Crippen LogP contribution in [0.3, 0.4) is 0 Å². The summed E-state index contributed by atoms with van der Waals surface area (Å²) >= 11 is 0. The van der Waals surface area contributed by atoms with Crippen LogP contribution in [0.5, 0.6) is 11.5 Å². The lowest BCUT2D eigenvalue weighted by molar-refractivity contribution is -0.119. The molecule has 0 bridgehead atoms. The maximum Gasteiger partial charge on any atom is 0.342 e. The predicted molar refractivity (Wildman–Crippen MR) is 94.4 cm³/mol. The third-order valence-corrected chi connectivity index (χ3v) is 3.75. The van der Waals surface area contributed by atoms with E-state index in [-0.39, 0.29) is 11.3 Å². The highest BCUT2D eigenvalue weighted by atomic mass is 16.5. The number of carbonyl (C=O) groups is 2. The van der Waals surface area contributed by atoms with Crippen LogP contribution in [0.4, 0.5) is 5.69 Å². The molecule has 6 nitrogen and oxygen atoms in total. The molecule has 0 saturated carbocycles. The molecule has 0 heterocycles. The van der Waals surface area contributed by atoms with Gasteiger partial charge in [0.15, 0.2) is 18.1 Å². The van der Waals surface area contributed by atoms with Crippen LogP contribution in [0.2, 0.25) is 0 Å². The summed E-state index contributed by atoms with van der Waals surface area (Å²) in [6.07, 6.45) is 0. The molecule has 25 heavy (non-hydrogen) atoms. The molecule has 0 fully saturated rings. The fraction of sp³-hybridized carbons (Fsp3) is 0.263. The summed E-state index contributed by atoms with van der Waals surface area (Å²) in [5.74, 6) is -0.398. The molecule has 6 heteroatoms. The van der Waals surface area contributed by atoms with Gasteiger partial charge >= 0.3 is 5.97 Å². The molecule has 1 N–H and O–H groups in total. The fourth-order valence-corrected chi connectivity index (χ4v) is 2.27. The third kappa shape index (κ3) is 4.50. The number of anilines is 1. The van der Waals surface area contributed by atoms with Gasteiger partial charge in [-0.25, -0.2) is 4.79 Å². The average molecular weight is 343 g/mol. The molecule has 0 saturated heterocycles. The van der Waals surface area contributed by atoms with Gasteiger partial charge in [-0.2, -0.15) is 0 Å². The van der Waals surface area contributed by atoms with Crippen LogP contribution in [0.15, 0.2) is 36.4 Å². The van der Waals surface area contributed by atoms with Gasteiger partial charge in [0.05, 0.1) is 14.2 Å². The van der Waals surface area contributed by atoms with Gasteiger partial charge in [-0.15, -0.1) is 0 Å². The predicted octanol–water partition coefficient (Wildman–Crippen LogP) is 3.12. The zero-order valence-electron chi connectivity index (χ0n) is 14.7. The number of para-hydroxylation sites is 1. The minimum Gasteiger partial charge on any atom is -0.493 e. The molecule has 0 radical (unpaired) electrons. The van der Waals surface area contributed by atoms with E-state index in [0.29, 0.717) is 11.4 Å². The summed E-state index contributed by atoms with van der Waals surface area (Å²) in [7, 11) is 2.91. The highest BCUT2D eigenvalue weighted by molar-refractivity contribution is 5.97. The van der Waals surface area contributed by atoms with Crippen LogP contribution in [-0.2, 0) is 9.53 Å². The summed E-state index contributed by atoms with van der Waals surface area (Å²) < 4.78 is 15.4. The lowest BCUT2D eigenvalue weighted by atomic mass is 10.1. The third-order valence-electron chi connectivity index (χ3n) is 3.75. The van der Waals surface area contributed by atoms with Crippen molar-refractivity contribution >= 4 is 17.6 Å². The summed E-state index contributed by atoms with van der Waals surface area (Å²) in [6, 6.07) is 10.4. The number of hydrogen-bond donors (Lipinski definition) is 1. The Morgan fingerprint density at radius 1 is 1.00 bits per heavy atom. The Balaban J connectivity index is 2.00. The minimum atomic E-state index is -0.661. The number of carbonyl (C=O) groups excluding carboxylic acids is 2. The van der Waals surface area contributed by atoms with Gasteiger partial charge < -0.3 is 19.5 Å². The smallest absolute Gasteiger partial charge is 0.342 e. The number of hydrogen-bond acceptors (Lipinski definition) is 5. The molecule has 0 aliphatic carbocycles. The molecule has 0 aliphatic heterocycles. The number of aryl methyl sites for hydroxylation is 2. The molecule has 0 aliphatic rings. The van der Waals surface area contributed by atoms with Crippen LogP contribution in [0, 0.1) is 13.8 Å². The molecule has 0 atom stereocenters. The summed E-state index contributed by atoms with van der Waals surface area (Å²) in [5, 5.41) is 2.70. The van der Waals surface area contributed by atoms with Crippen molar-refractivity contribution in [2.24, 2.45) is 0 Å². The maximum atomic E-state index is 12.2. The molecule has 1 amide bonds. The van der Waals surface area contributed by atoms with E-state index in [1.54, 1.807) is 24.3 Å². The monoisotopic (exact) mass is 343 g/mol. The number of amides is 1. The van der Waals surface area contributed by atoms with E-state index in [2.05, 4.69) is 5.32 Å². The van der Waals surface area contributed by atoms with Crippen LogP contribution >= 0.6 is 0 Å². The van der Waals surface area contributed by atoms with Gasteiger partial charge in [-0.05, 0) is 49.2 Å². The Morgan fingerprint density at radius 2 is 1.76 bits per heavy atom. The number of nitrogens with one attached hydrogen (secondary N) is 1. The van der Waals surface area contributed by atoms with E-state index in [9.17, 15) is 9.59 Å². The Kier molecular flexibility index (Phi) is 6.00. The zero-order valence-corrected chi connectivity index (χ0v) is 14.7. The van der Waals surface area contributed by atoms with E-state index in [1.165, 1.54) is 14.2 Å². The van der Waals surface area contributed by atoms with E-state index in [1.807, 2.05) is 26.0 Å².